The van der Waals surface area contributed by atoms with E-state index in [4.69, 9.17) is 0 Å². The Morgan fingerprint density at radius 1 is 1.15 bits per heavy atom. The molecule has 0 spiro atoms. The van der Waals surface area contributed by atoms with Crippen LogP contribution in [0.5, 0.6) is 0 Å². The highest BCUT2D eigenvalue weighted by Crippen LogP contribution is 2.11. The number of aromatic nitrogens is 1. The average molecular weight is 334 g/mol. The van der Waals surface area contributed by atoms with Crippen LogP contribution in [0.4, 0.5) is 4.79 Å². The molecule has 0 bridgehead atoms. The third-order valence-corrected chi connectivity index (χ3v) is 3.23. The van der Waals surface area contributed by atoms with Crippen LogP contribution in [0.2, 0.25) is 0 Å². The van der Waals surface area contributed by atoms with Crippen LogP contribution in [0.3, 0.4) is 0 Å². The number of benzene rings is 1. The number of nitrogens with one attached hydrogen (secondary N) is 2. The lowest BCUT2D eigenvalue weighted by Gasteiger charge is -2.07. The van der Waals surface area contributed by atoms with Crippen molar-refractivity contribution in [2.24, 2.45) is 0 Å². The Hall–Kier alpha value is -1.88. The number of halogens is 1. The van der Waals surface area contributed by atoms with Gasteiger partial charge in [0.05, 0.1) is 0 Å². The molecule has 0 unspecified atom stereocenters. The fourth-order valence-electron chi connectivity index (χ4n) is 1.74. The number of carbonyl (C=O) groups is 1. The first kappa shape index (κ1) is 14.5. The van der Waals surface area contributed by atoms with Crippen LogP contribution in [0, 0.1) is 0 Å². The van der Waals surface area contributed by atoms with Crippen LogP contribution in [0.25, 0.3) is 0 Å². The van der Waals surface area contributed by atoms with Crippen LogP contribution >= 0.6 is 15.9 Å². The Balaban J connectivity index is 1.68. The van der Waals surface area contributed by atoms with Gasteiger partial charge in [-0.1, -0.05) is 34.1 Å². The number of hydrogen-bond acceptors (Lipinski definition) is 2. The van der Waals surface area contributed by atoms with Gasteiger partial charge in [0.15, 0.2) is 0 Å². The second-order valence-electron chi connectivity index (χ2n) is 4.31. The van der Waals surface area contributed by atoms with Crippen LogP contribution in [0.15, 0.2) is 53.1 Å². The largest absolute Gasteiger partial charge is 0.338 e. The van der Waals surface area contributed by atoms with Gasteiger partial charge in [-0.2, -0.15) is 0 Å². The van der Waals surface area contributed by atoms with Crippen LogP contribution < -0.4 is 10.6 Å². The van der Waals surface area contributed by atoms with Gasteiger partial charge in [-0.05, 0) is 29.8 Å². The first-order valence-corrected chi connectivity index (χ1v) is 7.19. The molecule has 0 radical (unpaired) electrons. The number of carbonyl (C=O) groups excluding carboxylic acids is 1. The molecule has 0 atom stereocenters. The number of amides is 2. The molecule has 2 amide bonds. The third kappa shape index (κ3) is 5.01. The van der Waals surface area contributed by atoms with E-state index < -0.39 is 0 Å². The van der Waals surface area contributed by atoms with Gasteiger partial charge in [-0.25, -0.2) is 4.79 Å². The monoisotopic (exact) mass is 333 g/mol. The summed E-state index contributed by atoms with van der Waals surface area (Å²) in [7, 11) is 0. The molecule has 4 nitrogen and oxygen atoms in total. The van der Waals surface area contributed by atoms with Crippen molar-refractivity contribution in [3.8, 4) is 0 Å². The number of nitrogens with zero attached hydrogens (tertiary/aromatic N) is 1. The maximum atomic E-state index is 11.6. The van der Waals surface area contributed by atoms with E-state index in [0.717, 1.165) is 22.2 Å². The van der Waals surface area contributed by atoms with Gasteiger partial charge in [0.2, 0.25) is 0 Å². The lowest BCUT2D eigenvalue weighted by Crippen LogP contribution is -2.36. The van der Waals surface area contributed by atoms with Gasteiger partial charge < -0.3 is 10.6 Å². The fourth-order valence-corrected chi connectivity index (χ4v) is 2.19. The molecule has 0 fully saturated rings. The molecular formula is C15H16BrN3O. The van der Waals surface area contributed by atoms with E-state index in [1.807, 2.05) is 42.5 Å². The topological polar surface area (TPSA) is 54.0 Å². The Morgan fingerprint density at radius 2 is 2.05 bits per heavy atom. The second-order valence-corrected chi connectivity index (χ2v) is 5.23. The summed E-state index contributed by atoms with van der Waals surface area (Å²) in [5.74, 6) is 0. The summed E-state index contributed by atoms with van der Waals surface area (Å²) < 4.78 is 1.01. The van der Waals surface area contributed by atoms with Gasteiger partial charge >= 0.3 is 6.03 Å². The summed E-state index contributed by atoms with van der Waals surface area (Å²) in [5, 5.41) is 5.64. The molecule has 5 heteroatoms. The molecular weight excluding hydrogens is 318 g/mol. The standard InChI is InChI=1S/C15H16BrN3O/c16-13-5-3-4-12(10-13)11-19-15(20)18-9-7-14-6-1-2-8-17-14/h1-6,8,10H,7,9,11H2,(H2,18,19,20). The zero-order valence-electron chi connectivity index (χ0n) is 11.0. The van der Waals surface area contributed by atoms with Crippen molar-refractivity contribution in [1.82, 2.24) is 15.6 Å². The van der Waals surface area contributed by atoms with Crippen molar-refractivity contribution in [1.29, 1.82) is 0 Å². The van der Waals surface area contributed by atoms with E-state index in [1.165, 1.54) is 0 Å². The van der Waals surface area contributed by atoms with Crippen molar-refractivity contribution >= 4 is 22.0 Å². The molecule has 0 saturated carbocycles. The Labute approximate surface area is 126 Å². The molecule has 0 saturated heterocycles. The second kappa shape index (κ2) is 7.65. The summed E-state index contributed by atoms with van der Waals surface area (Å²) in [4.78, 5) is 15.8. The minimum absolute atomic E-state index is 0.166. The maximum Gasteiger partial charge on any atom is 0.315 e. The highest BCUT2D eigenvalue weighted by Gasteiger charge is 2.01. The number of rotatable bonds is 5. The van der Waals surface area contributed by atoms with E-state index in [1.54, 1.807) is 6.20 Å². The van der Waals surface area contributed by atoms with E-state index in [9.17, 15) is 4.79 Å². The normalized spacial score (nSPS) is 10.1. The number of hydrogen-bond donors (Lipinski definition) is 2. The van der Waals surface area contributed by atoms with Gasteiger partial charge in [0, 0.05) is 35.9 Å². The molecule has 1 aromatic carbocycles. The zero-order valence-corrected chi connectivity index (χ0v) is 12.6. The first-order chi connectivity index (χ1) is 9.74. The molecule has 0 aliphatic carbocycles. The molecule has 104 valence electrons. The molecule has 0 aliphatic heterocycles. The van der Waals surface area contributed by atoms with E-state index in [-0.39, 0.29) is 6.03 Å². The minimum atomic E-state index is -0.166. The van der Waals surface area contributed by atoms with Crippen molar-refractivity contribution < 1.29 is 4.79 Å². The van der Waals surface area contributed by atoms with E-state index in [2.05, 4.69) is 31.5 Å². The third-order valence-electron chi connectivity index (χ3n) is 2.73. The van der Waals surface area contributed by atoms with Crippen molar-refractivity contribution in [3.63, 3.8) is 0 Å². The highest BCUT2D eigenvalue weighted by atomic mass is 79.9. The van der Waals surface area contributed by atoms with Gasteiger partial charge in [0.25, 0.3) is 0 Å². The van der Waals surface area contributed by atoms with Gasteiger partial charge in [-0.15, -0.1) is 0 Å². The Bertz CT molecular complexity index is 560. The lowest BCUT2D eigenvalue weighted by molar-refractivity contribution is 0.240. The summed E-state index contributed by atoms with van der Waals surface area (Å²) in [6, 6.07) is 13.4. The molecule has 2 aromatic rings. The summed E-state index contributed by atoms with van der Waals surface area (Å²) >= 11 is 3.40. The summed E-state index contributed by atoms with van der Waals surface area (Å²) in [6.45, 7) is 1.08. The number of pyridine rings is 1. The van der Waals surface area contributed by atoms with Crippen LogP contribution in [-0.4, -0.2) is 17.6 Å². The van der Waals surface area contributed by atoms with Gasteiger partial charge in [-0.3, -0.25) is 4.98 Å². The lowest BCUT2D eigenvalue weighted by atomic mass is 10.2. The molecule has 1 heterocycles. The van der Waals surface area contributed by atoms with Crippen LogP contribution in [0.1, 0.15) is 11.3 Å². The Morgan fingerprint density at radius 3 is 2.80 bits per heavy atom. The average Bonchev–Trinajstić information content (AvgIpc) is 2.46. The minimum Gasteiger partial charge on any atom is -0.338 e. The van der Waals surface area contributed by atoms with Gasteiger partial charge in [0.1, 0.15) is 0 Å². The quantitative estimate of drug-likeness (QED) is 0.883. The summed E-state index contributed by atoms with van der Waals surface area (Å²) in [5.41, 5.74) is 2.03. The van der Waals surface area contributed by atoms with E-state index >= 15 is 0 Å². The maximum absolute atomic E-state index is 11.6. The summed E-state index contributed by atoms with van der Waals surface area (Å²) in [6.07, 6.45) is 2.48. The van der Waals surface area contributed by atoms with Crippen molar-refractivity contribution in [2.75, 3.05) is 6.54 Å². The molecule has 2 N–H and O–H groups in total. The predicted molar refractivity (Wildman–Crippen MR) is 82.3 cm³/mol. The van der Waals surface area contributed by atoms with Crippen molar-refractivity contribution in [3.05, 3.63) is 64.4 Å². The van der Waals surface area contributed by atoms with Crippen molar-refractivity contribution in [2.45, 2.75) is 13.0 Å². The van der Waals surface area contributed by atoms with Crippen LogP contribution in [-0.2, 0) is 13.0 Å². The number of urea groups is 1. The first-order valence-electron chi connectivity index (χ1n) is 6.40. The fraction of sp³-hybridized carbons (Fsp3) is 0.200. The molecule has 20 heavy (non-hydrogen) atoms. The van der Waals surface area contributed by atoms with E-state index in [0.29, 0.717) is 13.1 Å². The predicted octanol–water partition coefficient (Wildman–Crippen LogP) is 2.89. The SMILES string of the molecule is O=C(NCCc1ccccn1)NCc1cccc(Br)c1. The highest BCUT2D eigenvalue weighted by molar-refractivity contribution is 9.10. The molecule has 0 aliphatic rings. The zero-order chi connectivity index (χ0) is 14.2. The Kier molecular flexibility index (Phi) is 5.55. The molecule has 1 aromatic heterocycles. The molecule has 2 rings (SSSR count). The smallest absolute Gasteiger partial charge is 0.315 e.